The molecule has 0 bridgehead atoms. The molecule has 6 nitrogen and oxygen atoms in total. The molecule has 134 valence electrons. The molecule has 1 saturated heterocycles. The van der Waals surface area contributed by atoms with Crippen LogP contribution in [0.25, 0.3) is 10.9 Å². The average Bonchev–Trinajstić information content (AvgIpc) is 3.12. The fourth-order valence-corrected chi connectivity index (χ4v) is 2.50. The smallest absolute Gasteiger partial charge is 0.331 e. The minimum Gasteiger partial charge on any atom is -0.381 e. The third kappa shape index (κ3) is 4.54. The first-order valence-corrected chi connectivity index (χ1v) is 8.71. The number of ether oxygens (including phenoxy) is 1. The number of hydrogen-bond donors (Lipinski definition) is 0. The number of aryl methyl sites for hydroxylation is 1. The van der Waals surface area contributed by atoms with Crippen molar-refractivity contribution < 1.29 is 4.74 Å². The standard InChI is InChI=1S/C13H15N3O3.C3H8.C2H6/c1-15-11-6-14-4-2-10(11)12(17)16(13(15)18)7-9-3-5-19-8-9;1-3-2;1-2/h2,4,6,9H,3,5,7-8H2,1H3;3H2,1-2H3;1-2H3. The monoisotopic (exact) mass is 335 g/mol. The first-order chi connectivity index (χ1) is 11.6. The molecule has 6 heteroatoms. The van der Waals surface area contributed by atoms with Crippen molar-refractivity contribution in [3.05, 3.63) is 39.3 Å². The summed E-state index contributed by atoms with van der Waals surface area (Å²) in [6, 6.07) is 1.65. The molecule has 2 aromatic rings. The van der Waals surface area contributed by atoms with Crippen molar-refractivity contribution in [2.24, 2.45) is 13.0 Å². The molecule has 1 atom stereocenters. The lowest BCUT2D eigenvalue weighted by molar-refractivity contribution is 0.182. The van der Waals surface area contributed by atoms with Gasteiger partial charge in [-0.1, -0.05) is 34.1 Å². The molecule has 1 fully saturated rings. The van der Waals surface area contributed by atoms with E-state index in [4.69, 9.17) is 4.74 Å². The largest absolute Gasteiger partial charge is 0.381 e. The van der Waals surface area contributed by atoms with Crippen LogP contribution in [-0.2, 0) is 18.3 Å². The molecule has 3 heterocycles. The molecule has 2 aromatic heterocycles. The number of nitrogens with zero attached hydrogens (tertiary/aromatic N) is 3. The third-order valence-corrected chi connectivity index (χ3v) is 3.62. The number of pyridine rings is 1. The zero-order valence-electron chi connectivity index (χ0n) is 15.4. The molecular formula is C18H29N3O3. The third-order valence-electron chi connectivity index (χ3n) is 3.62. The van der Waals surface area contributed by atoms with E-state index in [0.717, 1.165) is 6.42 Å². The van der Waals surface area contributed by atoms with Crippen LogP contribution in [0.4, 0.5) is 0 Å². The quantitative estimate of drug-likeness (QED) is 0.846. The van der Waals surface area contributed by atoms with Gasteiger partial charge in [0, 0.05) is 32.3 Å². The highest BCUT2D eigenvalue weighted by molar-refractivity contribution is 5.76. The van der Waals surface area contributed by atoms with Crippen molar-refractivity contribution in [2.75, 3.05) is 13.2 Å². The van der Waals surface area contributed by atoms with Gasteiger partial charge in [0.15, 0.2) is 0 Å². The fraction of sp³-hybridized carbons (Fsp3) is 0.611. The van der Waals surface area contributed by atoms with Crippen LogP contribution in [-0.4, -0.2) is 27.3 Å². The van der Waals surface area contributed by atoms with E-state index in [1.165, 1.54) is 15.6 Å². The maximum atomic E-state index is 12.4. The van der Waals surface area contributed by atoms with Crippen molar-refractivity contribution >= 4 is 10.9 Å². The van der Waals surface area contributed by atoms with E-state index in [9.17, 15) is 9.59 Å². The molecule has 0 amide bonds. The highest BCUT2D eigenvalue weighted by Gasteiger charge is 2.19. The van der Waals surface area contributed by atoms with Gasteiger partial charge in [0.25, 0.3) is 5.56 Å². The Morgan fingerprint density at radius 2 is 1.96 bits per heavy atom. The second-order valence-corrected chi connectivity index (χ2v) is 5.59. The van der Waals surface area contributed by atoms with Crippen molar-refractivity contribution in [1.29, 1.82) is 0 Å². The molecular weight excluding hydrogens is 306 g/mol. The molecule has 3 rings (SSSR count). The number of aromatic nitrogens is 3. The van der Waals surface area contributed by atoms with Crippen LogP contribution < -0.4 is 11.2 Å². The molecule has 0 radical (unpaired) electrons. The SMILES string of the molecule is CC.CCC.Cn1c(=O)n(CC2CCOC2)c(=O)c2ccncc21. The molecule has 24 heavy (non-hydrogen) atoms. The van der Waals surface area contributed by atoms with Gasteiger partial charge in [-0.05, 0) is 12.5 Å². The van der Waals surface area contributed by atoms with Gasteiger partial charge in [-0.2, -0.15) is 0 Å². The molecule has 0 saturated carbocycles. The summed E-state index contributed by atoms with van der Waals surface area (Å²) in [4.78, 5) is 28.6. The molecule has 0 aliphatic carbocycles. The Hall–Kier alpha value is -1.95. The van der Waals surface area contributed by atoms with Gasteiger partial charge in [-0.25, -0.2) is 4.79 Å². The maximum Gasteiger partial charge on any atom is 0.331 e. The molecule has 0 N–H and O–H groups in total. The molecule has 1 aliphatic rings. The Morgan fingerprint density at radius 1 is 1.29 bits per heavy atom. The van der Waals surface area contributed by atoms with E-state index in [1.54, 1.807) is 25.5 Å². The Morgan fingerprint density at radius 3 is 2.54 bits per heavy atom. The Kier molecular flexibility index (Phi) is 8.40. The number of rotatable bonds is 2. The highest BCUT2D eigenvalue weighted by Crippen LogP contribution is 2.13. The summed E-state index contributed by atoms with van der Waals surface area (Å²) in [7, 11) is 1.66. The van der Waals surface area contributed by atoms with E-state index in [-0.39, 0.29) is 17.2 Å². The van der Waals surface area contributed by atoms with Gasteiger partial charge < -0.3 is 4.74 Å². The Balaban J connectivity index is 0.000000521. The van der Waals surface area contributed by atoms with Crippen molar-refractivity contribution in [1.82, 2.24) is 14.1 Å². The zero-order chi connectivity index (χ0) is 18.1. The second kappa shape index (κ2) is 10.0. The minimum absolute atomic E-state index is 0.240. The maximum absolute atomic E-state index is 12.4. The second-order valence-electron chi connectivity index (χ2n) is 5.59. The van der Waals surface area contributed by atoms with Gasteiger partial charge in [-0.15, -0.1) is 0 Å². The lowest BCUT2D eigenvalue weighted by atomic mass is 10.1. The Bertz CT molecular complexity index is 743. The first kappa shape index (κ1) is 20.1. The van der Waals surface area contributed by atoms with Crippen LogP contribution >= 0.6 is 0 Å². The summed E-state index contributed by atoms with van der Waals surface area (Å²) >= 11 is 0. The lowest BCUT2D eigenvalue weighted by Gasteiger charge is -2.12. The summed E-state index contributed by atoms with van der Waals surface area (Å²) in [5.74, 6) is 0.240. The van der Waals surface area contributed by atoms with Gasteiger partial charge in [0.1, 0.15) is 0 Å². The molecule has 1 unspecified atom stereocenters. The average molecular weight is 335 g/mol. The van der Waals surface area contributed by atoms with E-state index in [2.05, 4.69) is 18.8 Å². The predicted octanol–water partition coefficient (Wildman–Crippen LogP) is 2.57. The van der Waals surface area contributed by atoms with Gasteiger partial charge in [-0.3, -0.25) is 18.9 Å². The first-order valence-electron chi connectivity index (χ1n) is 8.71. The summed E-state index contributed by atoms with van der Waals surface area (Å²) in [6.07, 6.45) is 5.25. The van der Waals surface area contributed by atoms with Crippen LogP contribution in [0.15, 0.2) is 28.0 Å². The van der Waals surface area contributed by atoms with Gasteiger partial charge in [0.2, 0.25) is 0 Å². The summed E-state index contributed by atoms with van der Waals surface area (Å²) < 4.78 is 8.07. The number of fused-ring (bicyclic) bond motifs is 1. The summed E-state index contributed by atoms with van der Waals surface area (Å²) in [5, 5.41) is 0.524. The van der Waals surface area contributed by atoms with Crippen LogP contribution in [0.3, 0.4) is 0 Å². The normalized spacial score (nSPS) is 16.1. The molecule has 1 aliphatic heterocycles. The van der Waals surface area contributed by atoms with Crippen LogP contribution in [0.1, 0.15) is 40.5 Å². The fourth-order valence-electron chi connectivity index (χ4n) is 2.50. The molecule has 0 spiro atoms. The van der Waals surface area contributed by atoms with E-state index in [1.807, 2.05) is 13.8 Å². The van der Waals surface area contributed by atoms with E-state index in [0.29, 0.717) is 30.7 Å². The van der Waals surface area contributed by atoms with Crippen molar-refractivity contribution in [3.63, 3.8) is 0 Å². The summed E-state index contributed by atoms with van der Waals surface area (Å²) in [5.41, 5.74) is 0.0289. The van der Waals surface area contributed by atoms with Crippen LogP contribution in [0.2, 0.25) is 0 Å². The van der Waals surface area contributed by atoms with Crippen molar-refractivity contribution in [2.45, 2.75) is 47.1 Å². The highest BCUT2D eigenvalue weighted by atomic mass is 16.5. The van der Waals surface area contributed by atoms with E-state index < -0.39 is 0 Å². The summed E-state index contributed by atoms with van der Waals surface area (Å²) in [6.45, 7) is 9.99. The van der Waals surface area contributed by atoms with E-state index >= 15 is 0 Å². The predicted molar refractivity (Wildman–Crippen MR) is 97.5 cm³/mol. The lowest BCUT2D eigenvalue weighted by Crippen LogP contribution is -2.40. The van der Waals surface area contributed by atoms with Gasteiger partial charge >= 0.3 is 5.69 Å². The van der Waals surface area contributed by atoms with Crippen molar-refractivity contribution in [3.8, 4) is 0 Å². The topological polar surface area (TPSA) is 66.1 Å². The molecule has 0 aromatic carbocycles. The van der Waals surface area contributed by atoms with Crippen LogP contribution in [0, 0.1) is 5.92 Å². The Labute approximate surface area is 143 Å². The zero-order valence-corrected chi connectivity index (χ0v) is 15.4. The number of hydrogen-bond acceptors (Lipinski definition) is 4. The van der Waals surface area contributed by atoms with Crippen LogP contribution in [0.5, 0.6) is 0 Å². The minimum atomic E-state index is -0.294. The van der Waals surface area contributed by atoms with Gasteiger partial charge in [0.05, 0.1) is 23.7 Å².